The molecule has 1 heterocycles. The van der Waals surface area contributed by atoms with E-state index in [2.05, 4.69) is 37.1 Å². The maximum absolute atomic E-state index is 13.8. The molecule has 0 spiro atoms. The Morgan fingerprint density at radius 3 is 2.57 bits per heavy atom. The minimum Gasteiger partial charge on any atom is -0.484 e. The summed E-state index contributed by atoms with van der Waals surface area (Å²) >= 11 is 3.15. The summed E-state index contributed by atoms with van der Waals surface area (Å²) in [5.41, 5.74) is 3.55. The van der Waals surface area contributed by atoms with Crippen molar-refractivity contribution >= 4 is 45.6 Å². The predicted octanol–water partition coefficient (Wildman–Crippen LogP) is 3.10. The zero-order valence-corrected chi connectivity index (χ0v) is 20.7. The summed E-state index contributed by atoms with van der Waals surface area (Å²) < 4.78 is 30.3. The van der Waals surface area contributed by atoms with Crippen molar-refractivity contribution in [2.24, 2.45) is 5.10 Å². The molecule has 3 amide bonds. The van der Waals surface area contributed by atoms with E-state index in [1.807, 2.05) is 0 Å². The number of hydrogen-bond donors (Lipinski definition) is 3. The Balaban J connectivity index is 1.18. The highest BCUT2D eigenvalue weighted by molar-refractivity contribution is 9.10. The van der Waals surface area contributed by atoms with Gasteiger partial charge in [0, 0.05) is 11.0 Å². The molecule has 3 aromatic carbocycles. The quantitative estimate of drug-likeness (QED) is 0.217. The minimum absolute atomic E-state index is 0.0482. The van der Waals surface area contributed by atoms with E-state index >= 15 is 0 Å². The monoisotopic (exact) mass is 570 g/mol. The second kappa shape index (κ2) is 12.0. The summed E-state index contributed by atoms with van der Waals surface area (Å²) in [6, 6.07) is 15.9. The van der Waals surface area contributed by atoms with Crippen LogP contribution in [0.15, 0.2) is 70.2 Å². The number of halogens is 2. The van der Waals surface area contributed by atoms with Crippen molar-refractivity contribution in [3.63, 3.8) is 0 Å². The lowest BCUT2D eigenvalue weighted by atomic mass is 10.2. The van der Waals surface area contributed by atoms with Gasteiger partial charge in [0.25, 0.3) is 5.91 Å². The van der Waals surface area contributed by atoms with Crippen LogP contribution in [-0.2, 0) is 20.9 Å². The molecule has 0 fully saturated rings. The molecule has 37 heavy (non-hydrogen) atoms. The molecule has 0 atom stereocenters. The highest BCUT2D eigenvalue weighted by Gasteiger charge is 2.15. The number of hydrogen-bond acceptors (Lipinski definition) is 7. The third kappa shape index (κ3) is 7.27. The van der Waals surface area contributed by atoms with E-state index in [4.69, 9.17) is 14.2 Å². The summed E-state index contributed by atoms with van der Waals surface area (Å²) in [6.45, 7) is -0.0430. The number of nitrogens with one attached hydrogen (secondary N) is 3. The molecule has 0 unspecified atom stereocenters. The van der Waals surface area contributed by atoms with Gasteiger partial charge in [-0.3, -0.25) is 14.4 Å². The van der Waals surface area contributed by atoms with E-state index in [-0.39, 0.29) is 25.6 Å². The van der Waals surface area contributed by atoms with Crippen molar-refractivity contribution in [2.45, 2.75) is 6.54 Å². The van der Waals surface area contributed by atoms with Crippen LogP contribution in [0.4, 0.5) is 10.1 Å². The van der Waals surface area contributed by atoms with Crippen molar-refractivity contribution in [3.05, 3.63) is 82.1 Å². The van der Waals surface area contributed by atoms with Gasteiger partial charge in [0.2, 0.25) is 6.79 Å². The highest BCUT2D eigenvalue weighted by Crippen LogP contribution is 2.32. The molecular weight excluding hydrogens is 551 g/mol. The van der Waals surface area contributed by atoms with Gasteiger partial charge in [0.1, 0.15) is 11.6 Å². The summed E-state index contributed by atoms with van der Waals surface area (Å²) in [6.07, 6.45) is 1.34. The zero-order chi connectivity index (χ0) is 26.2. The van der Waals surface area contributed by atoms with Gasteiger partial charge < -0.3 is 24.8 Å². The molecule has 3 aromatic rings. The average molecular weight is 571 g/mol. The molecule has 0 saturated heterocycles. The molecule has 3 N–H and O–H groups in total. The maximum Gasteiger partial charge on any atom is 0.329 e. The second-order valence-electron chi connectivity index (χ2n) is 7.60. The van der Waals surface area contributed by atoms with Gasteiger partial charge in [-0.2, -0.15) is 5.10 Å². The van der Waals surface area contributed by atoms with Crippen LogP contribution in [0.2, 0.25) is 0 Å². The number of amides is 3. The average Bonchev–Trinajstić information content (AvgIpc) is 3.36. The third-order valence-corrected chi connectivity index (χ3v) is 5.42. The van der Waals surface area contributed by atoms with Crippen LogP contribution in [-0.4, -0.2) is 37.3 Å². The van der Waals surface area contributed by atoms with Crippen molar-refractivity contribution < 1.29 is 33.0 Å². The molecule has 10 nitrogen and oxygen atoms in total. The first-order valence-corrected chi connectivity index (χ1v) is 11.6. The fourth-order valence-electron chi connectivity index (χ4n) is 3.11. The molecule has 1 aliphatic heterocycles. The Morgan fingerprint density at radius 2 is 1.78 bits per heavy atom. The van der Waals surface area contributed by atoms with Crippen molar-refractivity contribution in [3.8, 4) is 17.2 Å². The minimum atomic E-state index is -0.926. The van der Waals surface area contributed by atoms with E-state index in [9.17, 15) is 18.8 Å². The number of nitrogens with zero attached hydrogens (tertiary/aromatic N) is 1. The Labute approximate surface area is 218 Å². The smallest absolute Gasteiger partial charge is 0.329 e. The number of carbonyl (C=O) groups is 3. The molecule has 0 saturated carbocycles. The lowest BCUT2D eigenvalue weighted by molar-refractivity contribution is -0.139. The van der Waals surface area contributed by atoms with E-state index < -0.39 is 23.5 Å². The summed E-state index contributed by atoms with van der Waals surface area (Å²) in [5.74, 6) is -1.26. The van der Waals surface area contributed by atoms with Crippen molar-refractivity contribution in [2.75, 3.05) is 18.7 Å². The molecule has 0 radical (unpaired) electrons. The largest absolute Gasteiger partial charge is 0.484 e. The Morgan fingerprint density at radius 1 is 1.00 bits per heavy atom. The van der Waals surface area contributed by atoms with Crippen LogP contribution in [0.3, 0.4) is 0 Å². The van der Waals surface area contributed by atoms with Crippen LogP contribution in [0, 0.1) is 5.82 Å². The number of ether oxygens (including phenoxy) is 3. The Bertz CT molecular complexity index is 1350. The molecule has 4 rings (SSSR count). The Kier molecular flexibility index (Phi) is 8.31. The van der Waals surface area contributed by atoms with Gasteiger partial charge in [-0.1, -0.05) is 22.0 Å². The van der Waals surface area contributed by atoms with Crippen LogP contribution < -0.4 is 30.3 Å². The first-order chi connectivity index (χ1) is 17.9. The summed E-state index contributed by atoms with van der Waals surface area (Å²) in [4.78, 5) is 35.9. The van der Waals surface area contributed by atoms with Crippen LogP contribution >= 0.6 is 15.9 Å². The number of benzene rings is 3. The molecule has 190 valence electrons. The van der Waals surface area contributed by atoms with E-state index in [1.165, 1.54) is 18.3 Å². The SMILES string of the molecule is O=C(COc1ccc(/C=N\NC(=O)C(=O)NCc2ccc3c(c2)OCO3)cc1)Nc1ccc(Br)cc1F. The van der Waals surface area contributed by atoms with Gasteiger partial charge in [0.05, 0.1) is 11.9 Å². The van der Waals surface area contributed by atoms with Gasteiger partial charge in [0.15, 0.2) is 18.1 Å². The topological polar surface area (TPSA) is 127 Å². The Hall–Kier alpha value is -4.45. The zero-order valence-electron chi connectivity index (χ0n) is 19.1. The maximum atomic E-state index is 13.8. The fraction of sp³-hybridized carbons (Fsp3) is 0.120. The molecule has 0 aromatic heterocycles. The number of hydrazone groups is 1. The van der Waals surface area contributed by atoms with Crippen molar-refractivity contribution in [1.82, 2.24) is 10.7 Å². The molecule has 0 bridgehead atoms. The fourth-order valence-corrected chi connectivity index (χ4v) is 3.44. The van der Waals surface area contributed by atoms with Gasteiger partial charge in [-0.15, -0.1) is 0 Å². The number of fused-ring (bicyclic) bond motifs is 1. The van der Waals surface area contributed by atoms with Crippen LogP contribution in [0.1, 0.15) is 11.1 Å². The van der Waals surface area contributed by atoms with Gasteiger partial charge in [-0.25, -0.2) is 9.82 Å². The standard InChI is InChI=1S/C25H20BrFN4O6/c26-17-4-7-20(19(27)10-17)30-23(32)13-35-18-5-1-15(2-6-18)12-29-31-25(34)24(33)28-11-16-3-8-21-22(9-16)37-14-36-21/h1-10,12H,11,13-14H2,(H,28,33)(H,30,32)(H,31,34)/b29-12-. The number of carbonyl (C=O) groups excluding carboxylic acids is 3. The van der Waals surface area contributed by atoms with Gasteiger partial charge in [-0.05, 0) is 65.7 Å². The van der Waals surface area contributed by atoms with Crippen LogP contribution in [0.5, 0.6) is 17.2 Å². The van der Waals surface area contributed by atoms with E-state index in [0.29, 0.717) is 27.3 Å². The number of rotatable bonds is 8. The molecule has 0 aliphatic carbocycles. The molecule has 1 aliphatic rings. The van der Waals surface area contributed by atoms with Crippen LogP contribution in [0.25, 0.3) is 0 Å². The van der Waals surface area contributed by atoms with E-state index in [1.54, 1.807) is 48.5 Å². The first kappa shape index (κ1) is 25.6. The third-order valence-electron chi connectivity index (χ3n) is 4.93. The summed E-state index contributed by atoms with van der Waals surface area (Å²) in [7, 11) is 0. The first-order valence-electron chi connectivity index (χ1n) is 10.8. The van der Waals surface area contributed by atoms with E-state index in [0.717, 1.165) is 5.56 Å². The lowest BCUT2D eigenvalue weighted by Gasteiger charge is -2.08. The molecule has 12 heteroatoms. The second-order valence-corrected chi connectivity index (χ2v) is 8.52. The predicted molar refractivity (Wildman–Crippen MR) is 135 cm³/mol. The summed E-state index contributed by atoms with van der Waals surface area (Å²) in [5, 5.41) is 8.69. The lowest BCUT2D eigenvalue weighted by Crippen LogP contribution is -2.37. The van der Waals surface area contributed by atoms with Crippen molar-refractivity contribution in [1.29, 1.82) is 0 Å². The highest BCUT2D eigenvalue weighted by atomic mass is 79.9. The normalized spacial score (nSPS) is 11.7. The number of anilines is 1. The molecular formula is C25H20BrFN4O6. The van der Waals surface area contributed by atoms with Gasteiger partial charge >= 0.3 is 11.8 Å².